The first-order chi connectivity index (χ1) is 13.5. The van der Waals surface area contributed by atoms with E-state index in [1.807, 2.05) is 62.8 Å². The lowest BCUT2D eigenvalue weighted by molar-refractivity contribution is 0.102. The molecule has 5 nitrogen and oxygen atoms in total. The van der Waals surface area contributed by atoms with Crippen molar-refractivity contribution in [3.8, 4) is 11.3 Å². The van der Waals surface area contributed by atoms with Gasteiger partial charge < -0.3 is 9.88 Å². The van der Waals surface area contributed by atoms with E-state index in [2.05, 4.69) is 32.3 Å². The van der Waals surface area contributed by atoms with E-state index in [-0.39, 0.29) is 5.91 Å². The molecule has 0 aliphatic carbocycles. The van der Waals surface area contributed by atoms with Crippen LogP contribution in [0.5, 0.6) is 0 Å². The molecular weight excluding hydrogens is 368 g/mol. The number of hydrogen-bond acceptors (Lipinski definition) is 4. The first-order valence-electron chi connectivity index (χ1n) is 9.09. The largest absolute Gasteiger partial charge is 0.358 e. The second-order valence-corrected chi connectivity index (χ2v) is 7.96. The SMILES string of the molecule is Cc1[nH]c2ccccc2c1-c1csc(NC(=O)c2cccc(CN(C)C)c2)n1. The van der Waals surface area contributed by atoms with Crippen LogP contribution in [0.25, 0.3) is 22.2 Å². The van der Waals surface area contributed by atoms with Crippen LogP contribution in [0.15, 0.2) is 53.9 Å². The average Bonchev–Trinajstić information content (AvgIpc) is 3.24. The maximum Gasteiger partial charge on any atom is 0.257 e. The first-order valence-corrected chi connectivity index (χ1v) is 9.97. The minimum absolute atomic E-state index is 0.142. The molecule has 2 aromatic carbocycles. The zero-order valence-corrected chi connectivity index (χ0v) is 16.9. The third kappa shape index (κ3) is 3.69. The fourth-order valence-corrected chi connectivity index (χ4v) is 4.09. The number of thiazole rings is 1. The Morgan fingerprint density at radius 3 is 2.82 bits per heavy atom. The van der Waals surface area contributed by atoms with Crippen molar-refractivity contribution in [2.75, 3.05) is 19.4 Å². The van der Waals surface area contributed by atoms with Crippen LogP contribution in [0.1, 0.15) is 21.6 Å². The summed E-state index contributed by atoms with van der Waals surface area (Å²) in [6, 6.07) is 15.9. The highest BCUT2D eigenvalue weighted by atomic mass is 32.1. The Morgan fingerprint density at radius 1 is 1.18 bits per heavy atom. The van der Waals surface area contributed by atoms with Crippen molar-refractivity contribution in [3.05, 3.63) is 70.7 Å². The van der Waals surface area contributed by atoms with Crippen LogP contribution in [-0.2, 0) is 6.54 Å². The summed E-state index contributed by atoms with van der Waals surface area (Å²) in [5.74, 6) is -0.142. The Balaban J connectivity index is 1.57. The third-order valence-electron chi connectivity index (χ3n) is 4.56. The summed E-state index contributed by atoms with van der Waals surface area (Å²) in [6.45, 7) is 2.84. The van der Waals surface area contributed by atoms with Crippen LogP contribution in [0.4, 0.5) is 5.13 Å². The van der Waals surface area contributed by atoms with Crippen LogP contribution in [-0.4, -0.2) is 34.9 Å². The van der Waals surface area contributed by atoms with Gasteiger partial charge >= 0.3 is 0 Å². The number of rotatable bonds is 5. The number of aryl methyl sites for hydroxylation is 1. The molecule has 0 saturated carbocycles. The average molecular weight is 391 g/mol. The molecule has 2 N–H and O–H groups in total. The molecule has 0 spiro atoms. The monoisotopic (exact) mass is 390 g/mol. The molecule has 0 bridgehead atoms. The lowest BCUT2D eigenvalue weighted by Gasteiger charge is -2.10. The standard InChI is InChI=1S/C22H22N4OS/c1-14-20(17-9-4-5-10-18(17)23-14)19-13-28-22(24-19)25-21(27)16-8-6-7-15(11-16)12-26(2)3/h4-11,13,23H,12H2,1-3H3,(H,24,25,27). The number of nitrogens with zero attached hydrogens (tertiary/aromatic N) is 2. The predicted molar refractivity (Wildman–Crippen MR) is 116 cm³/mol. The maximum atomic E-state index is 12.7. The third-order valence-corrected chi connectivity index (χ3v) is 5.32. The minimum Gasteiger partial charge on any atom is -0.358 e. The number of benzene rings is 2. The molecule has 28 heavy (non-hydrogen) atoms. The number of aromatic nitrogens is 2. The fraction of sp³-hybridized carbons (Fsp3) is 0.182. The van der Waals surface area contributed by atoms with Gasteiger partial charge in [-0.1, -0.05) is 30.3 Å². The van der Waals surface area contributed by atoms with E-state index in [0.29, 0.717) is 10.7 Å². The Labute approximate surface area is 168 Å². The smallest absolute Gasteiger partial charge is 0.257 e. The molecule has 6 heteroatoms. The zero-order chi connectivity index (χ0) is 19.7. The van der Waals surface area contributed by atoms with E-state index in [4.69, 9.17) is 0 Å². The summed E-state index contributed by atoms with van der Waals surface area (Å²) >= 11 is 1.44. The van der Waals surface area contributed by atoms with Gasteiger partial charge in [0, 0.05) is 39.6 Å². The Bertz CT molecular complexity index is 1140. The molecule has 0 saturated heterocycles. The normalized spacial score (nSPS) is 11.3. The molecule has 0 radical (unpaired) electrons. The number of aromatic amines is 1. The Hall–Kier alpha value is -2.96. The Kier molecular flexibility index (Phi) is 4.98. The highest BCUT2D eigenvalue weighted by molar-refractivity contribution is 7.14. The number of H-pyrrole nitrogens is 1. The van der Waals surface area contributed by atoms with Crippen LogP contribution in [0.2, 0.25) is 0 Å². The van der Waals surface area contributed by atoms with E-state index in [0.717, 1.165) is 40.0 Å². The van der Waals surface area contributed by atoms with E-state index in [1.54, 1.807) is 0 Å². The zero-order valence-electron chi connectivity index (χ0n) is 16.1. The van der Waals surface area contributed by atoms with Gasteiger partial charge in [-0.25, -0.2) is 4.98 Å². The van der Waals surface area contributed by atoms with Crippen molar-refractivity contribution in [1.82, 2.24) is 14.9 Å². The van der Waals surface area contributed by atoms with E-state index in [9.17, 15) is 4.79 Å². The van der Waals surface area contributed by atoms with Crippen LogP contribution < -0.4 is 5.32 Å². The van der Waals surface area contributed by atoms with Gasteiger partial charge in [-0.15, -0.1) is 11.3 Å². The molecule has 0 unspecified atom stereocenters. The van der Waals surface area contributed by atoms with Gasteiger partial charge in [-0.2, -0.15) is 0 Å². The predicted octanol–water partition coefficient (Wildman–Crippen LogP) is 4.91. The minimum atomic E-state index is -0.142. The number of carbonyl (C=O) groups excluding carboxylic acids is 1. The summed E-state index contributed by atoms with van der Waals surface area (Å²) in [7, 11) is 4.02. The summed E-state index contributed by atoms with van der Waals surface area (Å²) in [5.41, 5.74) is 5.86. The molecular formula is C22H22N4OS. The lowest BCUT2D eigenvalue weighted by Crippen LogP contribution is -2.14. The van der Waals surface area contributed by atoms with Crippen molar-refractivity contribution >= 4 is 33.3 Å². The van der Waals surface area contributed by atoms with Gasteiger partial charge in [0.15, 0.2) is 5.13 Å². The van der Waals surface area contributed by atoms with Crippen molar-refractivity contribution in [3.63, 3.8) is 0 Å². The number of fused-ring (bicyclic) bond motifs is 1. The van der Waals surface area contributed by atoms with E-state index in [1.165, 1.54) is 11.3 Å². The molecule has 0 aliphatic heterocycles. The summed E-state index contributed by atoms with van der Waals surface area (Å²) in [5, 5.41) is 6.66. The van der Waals surface area contributed by atoms with Gasteiger partial charge in [0.25, 0.3) is 5.91 Å². The van der Waals surface area contributed by atoms with Gasteiger partial charge in [0.05, 0.1) is 5.69 Å². The highest BCUT2D eigenvalue weighted by Gasteiger charge is 2.15. The van der Waals surface area contributed by atoms with Crippen molar-refractivity contribution in [2.24, 2.45) is 0 Å². The molecule has 4 aromatic rings. The molecule has 0 atom stereocenters. The fourth-order valence-electron chi connectivity index (χ4n) is 3.40. The molecule has 2 heterocycles. The molecule has 4 rings (SSSR count). The van der Waals surface area contributed by atoms with Gasteiger partial charge in [-0.3, -0.25) is 10.1 Å². The number of amides is 1. The quantitative estimate of drug-likeness (QED) is 0.509. The highest BCUT2D eigenvalue weighted by Crippen LogP contribution is 2.33. The van der Waals surface area contributed by atoms with Crippen molar-refractivity contribution in [1.29, 1.82) is 0 Å². The van der Waals surface area contributed by atoms with Crippen molar-refractivity contribution < 1.29 is 4.79 Å². The van der Waals surface area contributed by atoms with Crippen LogP contribution in [0, 0.1) is 6.92 Å². The van der Waals surface area contributed by atoms with E-state index >= 15 is 0 Å². The number of para-hydroxylation sites is 1. The lowest BCUT2D eigenvalue weighted by atomic mass is 10.1. The summed E-state index contributed by atoms with van der Waals surface area (Å²) in [6.07, 6.45) is 0. The van der Waals surface area contributed by atoms with E-state index < -0.39 is 0 Å². The Morgan fingerprint density at radius 2 is 2.00 bits per heavy atom. The molecule has 0 fully saturated rings. The number of anilines is 1. The second kappa shape index (κ2) is 7.58. The molecule has 142 valence electrons. The van der Waals surface area contributed by atoms with Crippen molar-refractivity contribution in [2.45, 2.75) is 13.5 Å². The topological polar surface area (TPSA) is 61.0 Å². The summed E-state index contributed by atoms with van der Waals surface area (Å²) in [4.78, 5) is 22.8. The number of carbonyl (C=O) groups is 1. The van der Waals surface area contributed by atoms with Gasteiger partial charge in [0.1, 0.15) is 0 Å². The molecule has 2 aromatic heterocycles. The first kappa shape index (κ1) is 18.4. The molecule has 1 amide bonds. The number of hydrogen-bond donors (Lipinski definition) is 2. The van der Waals surface area contributed by atoms with Gasteiger partial charge in [-0.05, 0) is 44.8 Å². The maximum absolute atomic E-state index is 12.7. The van der Waals surface area contributed by atoms with Gasteiger partial charge in [0.2, 0.25) is 0 Å². The second-order valence-electron chi connectivity index (χ2n) is 7.10. The molecule has 0 aliphatic rings. The van der Waals surface area contributed by atoms with Crippen LogP contribution in [0.3, 0.4) is 0 Å². The summed E-state index contributed by atoms with van der Waals surface area (Å²) < 4.78 is 0. The number of nitrogens with one attached hydrogen (secondary N) is 2. The van der Waals surface area contributed by atoms with Crippen LogP contribution >= 0.6 is 11.3 Å².